The lowest BCUT2D eigenvalue weighted by Gasteiger charge is -2.06. The zero-order valence-electron chi connectivity index (χ0n) is 15.4. The highest BCUT2D eigenvalue weighted by Crippen LogP contribution is 2.28. The predicted octanol–water partition coefficient (Wildman–Crippen LogP) is 4.23. The van der Waals surface area contributed by atoms with Crippen molar-refractivity contribution in [3.8, 4) is 11.1 Å². The summed E-state index contributed by atoms with van der Waals surface area (Å²) < 4.78 is 15.1. The minimum absolute atomic E-state index is 0.260. The summed E-state index contributed by atoms with van der Waals surface area (Å²) in [5, 5.41) is 3.38. The van der Waals surface area contributed by atoms with Gasteiger partial charge in [-0.3, -0.25) is 9.59 Å². The van der Waals surface area contributed by atoms with Crippen molar-refractivity contribution in [2.24, 2.45) is 7.05 Å². The molecule has 0 aliphatic heterocycles. The predicted molar refractivity (Wildman–Crippen MR) is 108 cm³/mol. The smallest absolute Gasteiger partial charge is 0.274 e. The molecule has 5 nitrogen and oxygen atoms in total. The summed E-state index contributed by atoms with van der Waals surface area (Å²) in [6.07, 6.45) is 1.65. The van der Waals surface area contributed by atoms with E-state index in [4.69, 9.17) is 0 Å². The van der Waals surface area contributed by atoms with Crippen molar-refractivity contribution in [2.45, 2.75) is 6.92 Å². The number of aromatic nitrogens is 2. The molecule has 140 valence electrons. The average Bonchev–Trinajstić information content (AvgIpc) is 3.12. The largest absolute Gasteiger partial charge is 0.346 e. The molecule has 0 aliphatic carbocycles. The van der Waals surface area contributed by atoms with Crippen LogP contribution in [0.15, 0.2) is 65.6 Å². The number of rotatable bonds is 3. The number of nitrogens with one attached hydrogen (secondary N) is 2. The molecule has 0 bridgehead atoms. The molecule has 0 fully saturated rings. The second-order valence-corrected chi connectivity index (χ2v) is 6.76. The normalized spacial score (nSPS) is 11.0. The van der Waals surface area contributed by atoms with Gasteiger partial charge in [0.15, 0.2) is 0 Å². The molecule has 4 rings (SSSR count). The number of halogens is 1. The van der Waals surface area contributed by atoms with Crippen molar-refractivity contribution in [3.05, 3.63) is 88.2 Å². The fraction of sp³-hybridized carbons (Fsp3) is 0.0909. The van der Waals surface area contributed by atoms with Gasteiger partial charge in [-0.25, -0.2) is 4.39 Å². The van der Waals surface area contributed by atoms with E-state index >= 15 is 0 Å². The third-order valence-corrected chi connectivity index (χ3v) is 4.65. The van der Waals surface area contributed by atoms with E-state index in [1.54, 1.807) is 31.4 Å². The van der Waals surface area contributed by atoms with Gasteiger partial charge in [-0.2, -0.15) is 0 Å². The van der Waals surface area contributed by atoms with Gasteiger partial charge in [0.2, 0.25) is 0 Å². The Labute approximate surface area is 160 Å². The van der Waals surface area contributed by atoms with E-state index in [2.05, 4.69) is 10.3 Å². The first kappa shape index (κ1) is 17.7. The Morgan fingerprint density at radius 1 is 1.11 bits per heavy atom. The number of aryl methyl sites for hydroxylation is 2. The molecule has 2 N–H and O–H groups in total. The topological polar surface area (TPSA) is 66.9 Å². The minimum Gasteiger partial charge on any atom is -0.346 e. The Morgan fingerprint density at radius 3 is 2.57 bits per heavy atom. The zero-order chi connectivity index (χ0) is 19.8. The molecular formula is C22H18FN3O2. The number of pyridine rings is 1. The molecule has 0 spiro atoms. The van der Waals surface area contributed by atoms with Crippen LogP contribution in [0.25, 0.3) is 22.0 Å². The van der Waals surface area contributed by atoms with Crippen molar-refractivity contribution >= 4 is 22.5 Å². The fourth-order valence-corrected chi connectivity index (χ4v) is 3.18. The minimum atomic E-state index is -0.368. The molecule has 2 heterocycles. The number of benzene rings is 2. The Balaban J connectivity index is 1.80. The quantitative estimate of drug-likeness (QED) is 0.563. The first-order chi connectivity index (χ1) is 13.4. The molecule has 0 saturated carbocycles. The number of fused-ring (bicyclic) bond motifs is 1. The van der Waals surface area contributed by atoms with Crippen molar-refractivity contribution in [1.29, 1.82) is 0 Å². The van der Waals surface area contributed by atoms with Gasteiger partial charge < -0.3 is 14.9 Å². The Kier molecular flexibility index (Phi) is 4.31. The number of amides is 1. The molecular weight excluding hydrogens is 357 g/mol. The molecule has 0 unspecified atom stereocenters. The molecule has 2 aromatic carbocycles. The maximum Gasteiger partial charge on any atom is 0.274 e. The molecule has 0 atom stereocenters. The number of nitrogens with zero attached hydrogens (tertiary/aromatic N) is 1. The number of hydrogen-bond acceptors (Lipinski definition) is 2. The monoisotopic (exact) mass is 375 g/mol. The molecule has 1 amide bonds. The van der Waals surface area contributed by atoms with Gasteiger partial charge in [-0.1, -0.05) is 29.8 Å². The number of carbonyl (C=O) groups is 1. The summed E-state index contributed by atoms with van der Waals surface area (Å²) in [6.45, 7) is 1.97. The van der Waals surface area contributed by atoms with E-state index < -0.39 is 0 Å². The molecule has 0 saturated heterocycles. The number of anilines is 1. The lowest BCUT2D eigenvalue weighted by Crippen LogP contribution is -2.17. The van der Waals surface area contributed by atoms with Gasteiger partial charge in [0.25, 0.3) is 11.5 Å². The second-order valence-electron chi connectivity index (χ2n) is 6.76. The van der Waals surface area contributed by atoms with Crippen molar-refractivity contribution in [2.75, 3.05) is 5.32 Å². The van der Waals surface area contributed by atoms with E-state index in [1.165, 1.54) is 16.7 Å². The first-order valence-electron chi connectivity index (χ1n) is 8.79. The lowest BCUT2D eigenvalue weighted by atomic mass is 10.0. The van der Waals surface area contributed by atoms with Gasteiger partial charge in [0.05, 0.1) is 0 Å². The van der Waals surface area contributed by atoms with Crippen molar-refractivity contribution < 1.29 is 9.18 Å². The maximum absolute atomic E-state index is 13.7. The van der Waals surface area contributed by atoms with Crippen LogP contribution < -0.4 is 10.9 Å². The van der Waals surface area contributed by atoms with E-state index in [9.17, 15) is 14.0 Å². The van der Waals surface area contributed by atoms with Crippen LogP contribution in [0.1, 0.15) is 16.1 Å². The van der Waals surface area contributed by atoms with Crippen LogP contribution in [-0.4, -0.2) is 15.5 Å². The SMILES string of the molecule is Cc1ccc(NC(=O)c2cc3c(-c4cccc(F)c4)cn(C)c(=O)c3[nH]2)cc1. The lowest BCUT2D eigenvalue weighted by molar-refractivity contribution is 0.102. The second kappa shape index (κ2) is 6.81. The van der Waals surface area contributed by atoms with Crippen LogP contribution in [-0.2, 0) is 7.05 Å². The Hall–Kier alpha value is -3.67. The summed E-state index contributed by atoms with van der Waals surface area (Å²) in [5.74, 6) is -0.723. The fourth-order valence-electron chi connectivity index (χ4n) is 3.18. The Bertz CT molecular complexity index is 1250. The summed E-state index contributed by atoms with van der Waals surface area (Å²) in [4.78, 5) is 28.1. The molecule has 0 aliphatic rings. The van der Waals surface area contributed by atoms with Gasteiger partial charge >= 0.3 is 0 Å². The highest BCUT2D eigenvalue weighted by molar-refractivity contribution is 6.07. The summed E-state index contributed by atoms with van der Waals surface area (Å²) in [5.41, 5.74) is 3.35. The number of H-pyrrole nitrogens is 1. The van der Waals surface area contributed by atoms with Crippen LogP contribution >= 0.6 is 0 Å². The summed E-state index contributed by atoms with van der Waals surface area (Å²) in [6, 6.07) is 15.2. The standard InChI is InChI=1S/C22H18FN3O2/c1-13-6-8-16(9-7-13)24-21(27)19-11-17-18(14-4-3-5-15(23)10-14)12-26(2)22(28)20(17)25-19/h3-12,25H,1-2H3,(H,24,27). The van der Waals surface area contributed by atoms with Gasteiger partial charge in [-0.15, -0.1) is 0 Å². The van der Waals surface area contributed by atoms with Crippen LogP contribution in [0, 0.1) is 12.7 Å². The molecule has 0 radical (unpaired) electrons. The van der Waals surface area contributed by atoms with E-state index in [-0.39, 0.29) is 23.0 Å². The number of carbonyl (C=O) groups excluding carboxylic acids is 1. The van der Waals surface area contributed by atoms with Gasteiger partial charge in [0, 0.05) is 29.9 Å². The number of aromatic amines is 1. The molecule has 28 heavy (non-hydrogen) atoms. The number of hydrogen-bond donors (Lipinski definition) is 2. The molecule has 6 heteroatoms. The van der Waals surface area contributed by atoms with Gasteiger partial charge in [-0.05, 0) is 42.8 Å². The third kappa shape index (κ3) is 3.20. The third-order valence-electron chi connectivity index (χ3n) is 4.65. The average molecular weight is 375 g/mol. The van der Waals surface area contributed by atoms with Gasteiger partial charge in [0.1, 0.15) is 17.0 Å². The van der Waals surface area contributed by atoms with Crippen LogP contribution in [0.5, 0.6) is 0 Å². The first-order valence-corrected chi connectivity index (χ1v) is 8.79. The maximum atomic E-state index is 13.7. The zero-order valence-corrected chi connectivity index (χ0v) is 15.4. The van der Waals surface area contributed by atoms with E-state index in [0.29, 0.717) is 27.7 Å². The molecule has 2 aromatic heterocycles. The van der Waals surface area contributed by atoms with E-state index in [0.717, 1.165) is 5.56 Å². The molecule has 4 aromatic rings. The Morgan fingerprint density at radius 2 is 1.86 bits per heavy atom. The summed E-state index contributed by atoms with van der Waals surface area (Å²) in [7, 11) is 1.62. The van der Waals surface area contributed by atoms with E-state index in [1.807, 2.05) is 31.2 Å². The summed E-state index contributed by atoms with van der Waals surface area (Å²) >= 11 is 0. The van der Waals surface area contributed by atoms with Crippen LogP contribution in [0.4, 0.5) is 10.1 Å². The van der Waals surface area contributed by atoms with Crippen LogP contribution in [0.2, 0.25) is 0 Å². The van der Waals surface area contributed by atoms with Crippen molar-refractivity contribution in [1.82, 2.24) is 9.55 Å². The van der Waals surface area contributed by atoms with Crippen molar-refractivity contribution in [3.63, 3.8) is 0 Å². The highest BCUT2D eigenvalue weighted by atomic mass is 19.1. The van der Waals surface area contributed by atoms with Crippen LogP contribution in [0.3, 0.4) is 0 Å². The highest BCUT2D eigenvalue weighted by Gasteiger charge is 2.16.